The molecular formula is C17H35NO2. The van der Waals surface area contributed by atoms with Crippen LogP contribution in [0.25, 0.3) is 0 Å². The Morgan fingerprint density at radius 3 is 2.60 bits per heavy atom. The third kappa shape index (κ3) is 7.05. The van der Waals surface area contributed by atoms with Crippen LogP contribution in [0.2, 0.25) is 0 Å². The van der Waals surface area contributed by atoms with Crippen molar-refractivity contribution in [1.82, 2.24) is 5.32 Å². The highest BCUT2D eigenvalue weighted by atomic mass is 16.5. The number of ether oxygens (including phenoxy) is 2. The highest BCUT2D eigenvalue weighted by Gasteiger charge is 2.29. The number of hydrogen-bond donors (Lipinski definition) is 1. The standard InChI is InChI=1S/C17H35NO2/c1-14(2)16-8-7-15(3)13-17(16)18-9-5-6-10-20-12-11-19-4/h14-18H,5-13H2,1-4H3. The molecule has 0 aliphatic heterocycles. The van der Waals surface area contributed by atoms with Gasteiger partial charge in [0.1, 0.15) is 0 Å². The maximum Gasteiger partial charge on any atom is 0.0700 e. The van der Waals surface area contributed by atoms with Crippen molar-refractivity contribution in [1.29, 1.82) is 0 Å². The monoisotopic (exact) mass is 285 g/mol. The number of rotatable bonds is 10. The van der Waals surface area contributed by atoms with E-state index in [1.165, 1.54) is 25.7 Å². The van der Waals surface area contributed by atoms with E-state index in [0.29, 0.717) is 6.61 Å². The van der Waals surface area contributed by atoms with E-state index in [1.807, 2.05) is 0 Å². The Kier molecular flexibility index (Phi) is 9.49. The van der Waals surface area contributed by atoms with Gasteiger partial charge in [0.25, 0.3) is 0 Å². The molecule has 1 saturated carbocycles. The first-order chi connectivity index (χ1) is 9.65. The number of nitrogens with one attached hydrogen (secondary N) is 1. The van der Waals surface area contributed by atoms with E-state index in [9.17, 15) is 0 Å². The van der Waals surface area contributed by atoms with Crippen LogP contribution in [0, 0.1) is 17.8 Å². The zero-order valence-electron chi connectivity index (χ0n) is 14.0. The molecule has 0 heterocycles. The normalized spacial score (nSPS) is 27.1. The lowest BCUT2D eigenvalue weighted by atomic mass is 9.74. The second kappa shape index (κ2) is 10.6. The zero-order valence-corrected chi connectivity index (χ0v) is 14.0. The summed E-state index contributed by atoms with van der Waals surface area (Å²) in [4.78, 5) is 0. The van der Waals surface area contributed by atoms with E-state index in [-0.39, 0.29) is 0 Å². The number of unbranched alkanes of at least 4 members (excludes halogenated alkanes) is 1. The van der Waals surface area contributed by atoms with E-state index in [1.54, 1.807) is 7.11 Å². The fourth-order valence-corrected chi connectivity index (χ4v) is 3.30. The van der Waals surface area contributed by atoms with Crippen LogP contribution in [0.5, 0.6) is 0 Å². The lowest BCUT2D eigenvalue weighted by Crippen LogP contribution is -2.43. The molecule has 0 saturated heterocycles. The predicted molar refractivity (Wildman–Crippen MR) is 85.1 cm³/mol. The van der Waals surface area contributed by atoms with Crippen LogP contribution in [0.15, 0.2) is 0 Å². The van der Waals surface area contributed by atoms with Crippen LogP contribution in [0.1, 0.15) is 52.9 Å². The van der Waals surface area contributed by atoms with Crippen molar-refractivity contribution < 1.29 is 9.47 Å². The van der Waals surface area contributed by atoms with Crippen LogP contribution in [-0.4, -0.2) is 39.5 Å². The van der Waals surface area contributed by atoms with Crippen LogP contribution in [0.3, 0.4) is 0 Å². The van der Waals surface area contributed by atoms with Gasteiger partial charge in [-0.3, -0.25) is 0 Å². The molecule has 1 N–H and O–H groups in total. The molecule has 0 aromatic carbocycles. The molecule has 3 heteroatoms. The molecule has 0 radical (unpaired) electrons. The smallest absolute Gasteiger partial charge is 0.0700 e. The van der Waals surface area contributed by atoms with Gasteiger partial charge < -0.3 is 14.8 Å². The van der Waals surface area contributed by atoms with Crippen LogP contribution >= 0.6 is 0 Å². The van der Waals surface area contributed by atoms with Gasteiger partial charge in [0.05, 0.1) is 13.2 Å². The van der Waals surface area contributed by atoms with Crippen molar-refractivity contribution in [3.8, 4) is 0 Å². The van der Waals surface area contributed by atoms with E-state index in [2.05, 4.69) is 26.1 Å². The minimum atomic E-state index is 0.703. The first-order valence-electron chi connectivity index (χ1n) is 8.45. The third-order valence-electron chi connectivity index (χ3n) is 4.58. The highest BCUT2D eigenvalue weighted by molar-refractivity contribution is 4.85. The fraction of sp³-hybridized carbons (Fsp3) is 1.00. The van der Waals surface area contributed by atoms with Gasteiger partial charge in [-0.15, -0.1) is 0 Å². The third-order valence-corrected chi connectivity index (χ3v) is 4.58. The molecule has 3 nitrogen and oxygen atoms in total. The van der Waals surface area contributed by atoms with Gasteiger partial charge in [-0.25, -0.2) is 0 Å². The maximum absolute atomic E-state index is 5.49. The Hall–Kier alpha value is -0.120. The summed E-state index contributed by atoms with van der Waals surface area (Å²) in [6.07, 6.45) is 6.52. The molecule has 0 aromatic heterocycles. The van der Waals surface area contributed by atoms with E-state index >= 15 is 0 Å². The second-order valence-electron chi connectivity index (χ2n) is 6.70. The molecule has 1 aliphatic carbocycles. The molecular weight excluding hydrogens is 250 g/mol. The number of methoxy groups -OCH3 is 1. The lowest BCUT2D eigenvalue weighted by Gasteiger charge is -2.38. The van der Waals surface area contributed by atoms with Crippen molar-refractivity contribution in [2.45, 2.75) is 58.9 Å². The molecule has 3 atom stereocenters. The Bertz CT molecular complexity index is 233. The van der Waals surface area contributed by atoms with Crippen LogP contribution in [-0.2, 0) is 9.47 Å². The molecule has 1 rings (SSSR count). The lowest BCUT2D eigenvalue weighted by molar-refractivity contribution is 0.0684. The largest absolute Gasteiger partial charge is 0.382 e. The molecule has 20 heavy (non-hydrogen) atoms. The van der Waals surface area contributed by atoms with Gasteiger partial charge in [0, 0.05) is 19.8 Å². The van der Waals surface area contributed by atoms with Crippen molar-refractivity contribution in [3.05, 3.63) is 0 Å². The highest BCUT2D eigenvalue weighted by Crippen LogP contribution is 2.33. The molecule has 1 aliphatic rings. The Balaban J connectivity index is 2.09. The molecule has 120 valence electrons. The van der Waals surface area contributed by atoms with Crippen LogP contribution in [0.4, 0.5) is 0 Å². The van der Waals surface area contributed by atoms with Crippen LogP contribution < -0.4 is 5.32 Å². The molecule has 0 bridgehead atoms. The van der Waals surface area contributed by atoms with Crippen molar-refractivity contribution in [3.63, 3.8) is 0 Å². The minimum Gasteiger partial charge on any atom is -0.382 e. The second-order valence-corrected chi connectivity index (χ2v) is 6.70. The summed E-state index contributed by atoms with van der Waals surface area (Å²) in [7, 11) is 1.71. The molecule has 0 amide bonds. The summed E-state index contributed by atoms with van der Waals surface area (Å²) < 4.78 is 10.4. The summed E-state index contributed by atoms with van der Waals surface area (Å²) in [6.45, 7) is 10.6. The van der Waals surface area contributed by atoms with Crippen molar-refractivity contribution >= 4 is 0 Å². The first kappa shape index (κ1) is 17.9. The predicted octanol–water partition coefficient (Wildman–Crippen LogP) is 3.48. The number of hydrogen-bond acceptors (Lipinski definition) is 3. The summed E-state index contributed by atoms with van der Waals surface area (Å²) in [5.41, 5.74) is 0. The van der Waals surface area contributed by atoms with E-state index in [0.717, 1.165) is 50.0 Å². The zero-order chi connectivity index (χ0) is 14.8. The Morgan fingerprint density at radius 1 is 1.10 bits per heavy atom. The average Bonchev–Trinajstić information content (AvgIpc) is 2.41. The first-order valence-corrected chi connectivity index (χ1v) is 8.45. The maximum atomic E-state index is 5.49. The average molecular weight is 285 g/mol. The van der Waals surface area contributed by atoms with Gasteiger partial charge in [-0.1, -0.05) is 27.2 Å². The SMILES string of the molecule is COCCOCCCCNC1CC(C)CCC1C(C)C. The topological polar surface area (TPSA) is 30.5 Å². The fourth-order valence-electron chi connectivity index (χ4n) is 3.30. The van der Waals surface area contributed by atoms with E-state index in [4.69, 9.17) is 9.47 Å². The van der Waals surface area contributed by atoms with Crippen molar-refractivity contribution in [2.24, 2.45) is 17.8 Å². The van der Waals surface area contributed by atoms with Crippen molar-refractivity contribution in [2.75, 3.05) is 33.5 Å². The molecule has 3 unspecified atom stereocenters. The summed E-state index contributed by atoms with van der Waals surface area (Å²) in [6, 6.07) is 0.730. The summed E-state index contributed by atoms with van der Waals surface area (Å²) in [5.74, 6) is 2.56. The quantitative estimate of drug-likeness (QED) is 0.623. The summed E-state index contributed by atoms with van der Waals surface area (Å²) in [5, 5.41) is 3.81. The van der Waals surface area contributed by atoms with Gasteiger partial charge in [0.15, 0.2) is 0 Å². The molecule has 1 fully saturated rings. The Labute approximate surface area is 125 Å². The summed E-state index contributed by atoms with van der Waals surface area (Å²) >= 11 is 0. The van der Waals surface area contributed by atoms with Gasteiger partial charge >= 0.3 is 0 Å². The molecule has 0 aromatic rings. The molecule has 0 spiro atoms. The van der Waals surface area contributed by atoms with Gasteiger partial charge in [0.2, 0.25) is 0 Å². The van der Waals surface area contributed by atoms with Gasteiger partial charge in [-0.05, 0) is 50.0 Å². The Morgan fingerprint density at radius 2 is 1.90 bits per heavy atom. The minimum absolute atomic E-state index is 0.703. The van der Waals surface area contributed by atoms with E-state index < -0.39 is 0 Å². The van der Waals surface area contributed by atoms with Gasteiger partial charge in [-0.2, -0.15) is 0 Å².